The molecule has 2 saturated carbocycles. The normalized spacial score (nSPS) is 21.2. The molecule has 5 nitrogen and oxygen atoms in total. The zero-order valence-electron chi connectivity index (χ0n) is 19.9. The second-order valence-corrected chi connectivity index (χ2v) is 10.5. The van der Waals surface area contributed by atoms with Crippen molar-refractivity contribution in [2.45, 2.75) is 83.6 Å². The van der Waals surface area contributed by atoms with Gasteiger partial charge in [-0.2, -0.15) is 0 Å². The third-order valence-corrected chi connectivity index (χ3v) is 7.73. The summed E-state index contributed by atoms with van der Waals surface area (Å²) in [7, 11) is 0. The topological polar surface area (TPSA) is 66.5 Å². The smallest absolute Gasteiger partial charge is 0.254 e. The molecule has 0 aromatic heterocycles. The van der Waals surface area contributed by atoms with Gasteiger partial charge in [-0.3, -0.25) is 14.4 Å². The molecule has 0 spiro atoms. The molecule has 1 aromatic carbocycles. The maximum Gasteiger partial charge on any atom is 0.254 e. The number of nitrogens with zero attached hydrogens (tertiary/aromatic N) is 1. The van der Waals surface area contributed by atoms with Gasteiger partial charge in [-0.1, -0.05) is 39.2 Å². The molecule has 0 bridgehead atoms. The third-order valence-electron chi connectivity index (χ3n) is 7.73. The number of amides is 2. The highest BCUT2D eigenvalue weighted by Gasteiger charge is 2.36. The minimum atomic E-state index is -0.551. The van der Waals surface area contributed by atoms with Crippen molar-refractivity contribution in [3.8, 4) is 0 Å². The van der Waals surface area contributed by atoms with Gasteiger partial charge in [0.15, 0.2) is 5.78 Å². The van der Waals surface area contributed by atoms with E-state index in [1.54, 1.807) is 6.07 Å². The summed E-state index contributed by atoms with van der Waals surface area (Å²) >= 11 is 0. The first-order valence-electron chi connectivity index (χ1n) is 12.8. The van der Waals surface area contributed by atoms with Gasteiger partial charge in [0, 0.05) is 24.9 Å². The molecule has 4 rings (SSSR count). The van der Waals surface area contributed by atoms with Gasteiger partial charge >= 0.3 is 0 Å². The number of ketones is 1. The summed E-state index contributed by atoms with van der Waals surface area (Å²) < 4.78 is 15.0. The number of halogens is 1. The van der Waals surface area contributed by atoms with Gasteiger partial charge in [0.05, 0.1) is 11.6 Å². The van der Waals surface area contributed by atoms with Gasteiger partial charge in [0.1, 0.15) is 5.82 Å². The predicted octanol–water partition coefficient (Wildman–Crippen LogP) is 4.85. The molecule has 6 heteroatoms. The molecule has 1 saturated heterocycles. The second-order valence-electron chi connectivity index (χ2n) is 10.5. The molecule has 1 atom stereocenters. The van der Waals surface area contributed by atoms with Crippen molar-refractivity contribution in [3.63, 3.8) is 0 Å². The Bertz CT molecular complexity index is 881. The van der Waals surface area contributed by atoms with Crippen molar-refractivity contribution in [3.05, 3.63) is 35.1 Å². The largest absolute Gasteiger partial charge is 0.342 e. The van der Waals surface area contributed by atoms with Crippen LogP contribution in [0.3, 0.4) is 0 Å². The number of likely N-dealkylation sites (tertiary alicyclic amines) is 1. The zero-order valence-corrected chi connectivity index (χ0v) is 19.9. The van der Waals surface area contributed by atoms with Gasteiger partial charge in [0.2, 0.25) is 5.91 Å². The van der Waals surface area contributed by atoms with Crippen LogP contribution in [0.5, 0.6) is 0 Å². The van der Waals surface area contributed by atoms with Crippen LogP contribution in [0.25, 0.3) is 0 Å². The fourth-order valence-corrected chi connectivity index (χ4v) is 5.46. The van der Waals surface area contributed by atoms with Crippen LogP contribution in [0.4, 0.5) is 4.39 Å². The second kappa shape index (κ2) is 10.4. The molecule has 1 aromatic rings. The van der Waals surface area contributed by atoms with Crippen molar-refractivity contribution < 1.29 is 18.8 Å². The van der Waals surface area contributed by atoms with E-state index in [1.165, 1.54) is 6.07 Å². The molecule has 1 heterocycles. The highest BCUT2D eigenvalue weighted by atomic mass is 19.1. The van der Waals surface area contributed by atoms with E-state index in [4.69, 9.17) is 0 Å². The lowest BCUT2D eigenvalue weighted by atomic mass is 9.80. The Labute approximate surface area is 196 Å². The van der Waals surface area contributed by atoms with Gasteiger partial charge in [0.25, 0.3) is 5.91 Å². The molecule has 1 N–H and O–H groups in total. The summed E-state index contributed by atoms with van der Waals surface area (Å²) in [5, 5.41) is 2.89. The molecule has 2 aliphatic carbocycles. The number of carbonyl (C=O) groups is 3. The lowest BCUT2D eigenvalue weighted by Gasteiger charge is -2.32. The summed E-state index contributed by atoms with van der Waals surface area (Å²) in [6.07, 6.45) is 8.80. The lowest BCUT2D eigenvalue weighted by Crippen LogP contribution is -2.48. The van der Waals surface area contributed by atoms with Crippen LogP contribution in [0.2, 0.25) is 0 Å². The number of benzene rings is 1. The Morgan fingerprint density at radius 2 is 1.64 bits per heavy atom. The first-order valence-corrected chi connectivity index (χ1v) is 12.8. The molecule has 2 amide bonds. The van der Waals surface area contributed by atoms with Crippen LogP contribution in [0, 0.1) is 23.6 Å². The van der Waals surface area contributed by atoms with E-state index < -0.39 is 17.8 Å². The summed E-state index contributed by atoms with van der Waals surface area (Å²) in [4.78, 5) is 40.0. The van der Waals surface area contributed by atoms with Gasteiger partial charge < -0.3 is 10.2 Å². The Balaban J connectivity index is 1.40. The summed E-state index contributed by atoms with van der Waals surface area (Å²) in [5.41, 5.74) is 0.877. The van der Waals surface area contributed by atoms with E-state index in [-0.39, 0.29) is 40.9 Å². The van der Waals surface area contributed by atoms with E-state index in [2.05, 4.69) is 5.32 Å². The highest BCUT2D eigenvalue weighted by Crippen LogP contribution is 2.35. The Hall–Kier alpha value is -2.24. The third kappa shape index (κ3) is 5.64. The fourth-order valence-electron chi connectivity index (χ4n) is 5.46. The highest BCUT2D eigenvalue weighted by molar-refractivity contribution is 5.98. The number of piperidine rings is 1. The first kappa shape index (κ1) is 23.9. The van der Waals surface area contributed by atoms with Gasteiger partial charge in [-0.25, -0.2) is 4.39 Å². The van der Waals surface area contributed by atoms with Crippen LogP contribution in [-0.2, 0) is 9.59 Å². The average Bonchev–Trinajstić information content (AvgIpc) is 3.67. The number of rotatable bonds is 7. The number of hydrogen-bond acceptors (Lipinski definition) is 3. The molecule has 3 fully saturated rings. The quantitative estimate of drug-likeness (QED) is 0.638. The monoisotopic (exact) mass is 456 g/mol. The number of hydrogen-bond donors (Lipinski definition) is 1. The molecule has 180 valence electrons. The summed E-state index contributed by atoms with van der Waals surface area (Å²) in [6.45, 7) is 5.13. The minimum Gasteiger partial charge on any atom is -0.342 e. The van der Waals surface area contributed by atoms with Crippen molar-refractivity contribution in [1.29, 1.82) is 0 Å². The molecular formula is C27H37FN2O3. The fraction of sp³-hybridized carbons (Fsp3) is 0.667. The van der Waals surface area contributed by atoms with Crippen LogP contribution in [0.15, 0.2) is 18.2 Å². The Morgan fingerprint density at radius 1 is 0.970 bits per heavy atom. The van der Waals surface area contributed by atoms with Crippen molar-refractivity contribution in [2.24, 2.45) is 17.8 Å². The first-order chi connectivity index (χ1) is 15.8. The molecule has 0 radical (unpaired) electrons. The lowest BCUT2D eigenvalue weighted by molar-refractivity contribution is -0.133. The van der Waals surface area contributed by atoms with Crippen LogP contribution in [0.1, 0.15) is 93.5 Å². The maximum atomic E-state index is 15.0. The SMILES string of the molecule is CC(C)C(=O)C(NC(=O)c1ccc(C2CCN(C(=O)C3CC3)CC2)cc1F)C1CCCCC1. The van der Waals surface area contributed by atoms with Crippen molar-refractivity contribution in [2.75, 3.05) is 13.1 Å². The number of nitrogens with one attached hydrogen (secondary N) is 1. The van der Waals surface area contributed by atoms with E-state index in [0.29, 0.717) is 13.1 Å². The maximum absolute atomic E-state index is 15.0. The molecular weight excluding hydrogens is 419 g/mol. The molecule has 3 aliphatic rings. The summed E-state index contributed by atoms with van der Waals surface area (Å²) in [5.74, 6) is -0.371. The summed E-state index contributed by atoms with van der Waals surface area (Å²) in [6, 6.07) is 4.31. The predicted molar refractivity (Wildman–Crippen MR) is 125 cm³/mol. The van der Waals surface area contributed by atoms with E-state index in [1.807, 2.05) is 24.8 Å². The van der Waals surface area contributed by atoms with Crippen LogP contribution >= 0.6 is 0 Å². The van der Waals surface area contributed by atoms with Gasteiger partial charge in [-0.15, -0.1) is 0 Å². The number of Topliss-reactive ketones (excluding diaryl/α,β-unsaturated/α-hetero) is 1. The van der Waals surface area contributed by atoms with E-state index >= 15 is 4.39 Å². The zero-order chi connectivity index (χ0) is 23.5. The van der Waals surface area contributed by atoms with Crippen molar-refractivity contribution in [1.82, 2.24) is 10.2 Å². The van der Waals surface area contributed by atoms with Crippen LogP contribution < -0.4 is 5.32 Å². The minimum absolute atomic E-state index is 0.00235. The van der Waals surface area contributed by atoms with E-state index in [9.17, 15) is 14.4 Å². The van der Waals surface area contributed by atoms with Gasteiger partial charge in [-0.05, 0) is 68.1 Å². The molecule has 1 aliphatic heterocycles. The molecule has 33 heavy (non-hydrogen) atoms. The number of carbonyl (C=O) groups excluding carboxylic acids is 3. The Kier molecular flexibility index (Phi) is 7.50. The van der Waals surface area contributed by atoms with E-state index in [0.717, 1.165) is 63.4 Å². The molecule has 1 unspecified atom stereocenters. The Morgan fingerprint density at radius 3 is 2.21 bits per heavy atom. The standard InChI is InChI=1S/C27H37FN2O3/c1-17(2)25(31)24(19-6-4-3-5-7-19)29-26(32)22-11-10-21(16-23(22)28)18-12-14-30(15-13-18)27(33)20-8-9-20/h10-11,16-20,24H,3-9,12-15H2,1-2H3,(H,29,32). The van der Waals surface area contributed by atoms with Crippen LogP contribution in [-0.4, -0.2) is 41.6 Å². The average molecular weight is 457 g/mol. The van der Waals surface area contributed by atoms with Crippen molar-refractivity contribution >= 4 is 17.6 Å².